The minimum Gasteiger partial charge on any atom is -0.332 e. The fraction of sp³-hybridized carbons (Fsp3) is 0.0968. The van der Waals surface area contributed by atoms with Crippen LogP contribution in [0, 0.1) is 0 Å². The molecule has 70 heavy (non-hydrogen) atoms. The number of para-hydroxylation sites is 2. The molecular formula is C62H46F6N2. The summed E-state index contributed by atoms with van der Waals surface area (Å²) in [5.74, 6) is 0. The number of hydrogen-bond acceptors (Lipinski definition) is 2. The van der Waals surface area contributed by atoms with Crippen LogP contribution in [0.4, 0.5) is 54.8 Å². The van der Waals surface area contributed by atoms with E-state index in [2.05, 4.69) is 79.9 Å². The summed E-state index contributed by atoms with van der Waals surface area (Å²) in [6, 6.07) is 60.6. The van der Waals surface area contributed by atoms with Gasteiger partial charge in [0.25, 0.3) is 0 Å². The van der Waals surface area contributed by atoms with Gasteiger partial charge >= 0.3 is 12.4 Å². The molecule has 1 unspecified atom stereocenters. The Labute approximate surface area is 403 Å². The minimum absolute atomic E-state index is 0.397. The summed E-state index contributed by atoms with van der Waals surface area (Å²) in [6.45, 7) is 9.53. The monoisotopic (exact) mass is 932 g/mol. The normalized spacial score (nSPS) is 14.2. The maximum atomic E-state index is 14.6. The number of allylic oxidation sites excluding steroid dienone is 2. The third kappa shape index (κ3) is 7.37. The Morgan fingerprint density at radius 3 is 1.53 bits per heavy atom. The summed E-state index contributed by atoms with van der Waals surface area (Å²) in [7, 11) is 0. The van der Waals surface area contributed by atoms with Crippen LogP contribution in [0.1, 0.15) is 41.7 Å². The van der Waals surface area contributed by atoms with Gasteiger partial charge in [0.05, 0.1) is 11.0 Å². The van der Waals surface area contributed by atoms with E-state index < -0.39 is 29.9 Å². The van der Waals surface area contributed by atoms with Crippen LogP contribution in [0.25, 0.3) is 55.3 Å². The lowest BCUT2D eigenvalue weighted by molar-refractivity contribution is -0.137. The molecule has 9 aromatic rings. The van der Waals surface area contributed by atoms with Gasteiger partial charge in [0.2, 0.25) is 0 Å². The molecule has 0 saturated heterocycles. The van der Waals surface area contributed by atoms with Gasteiger partial charge in [-0.3, -0.25) is 0 Å². The van der Waals surface area contributed by atoms with E-state index in [0.29, 0.717) is 22.7 Å². The van der Waals surface area contributed by atoms with E-state index in [-0.39, 0.29) is 0 Å². The smallest absolute Gasteiger partial charge is 0.332 e. The molecule has 1 spiro atoms. The Kier molecular flexibility index (Phi) is 11.6. The molecule has 3 aliphatic carbocycles. The average Bonchev–Trinajstić information content (AvgIpc) is 3.98. The summed E-state index contributed by atoms with van der Waals surface area (Å²) < 4.78 is 85.4. The van der Waals surface area contributed by atoms with Crippen molar-refractivity contribution < 1.29 is 26.3 Å². The van der Waals surface area contributed by atoms with Crippen molar-refractivity contribution in [1.29, 1.82) is 0 Å². The highest BCUT2D eigenvalue weighted by molar-refractivity contribution is 6.21. The molecule has 0 radical (unpaired) electrons. The second-order valence-corrected chi connectivity index (χ2v) is 17.1. The van der Waals surface area contributed by atoms with Crippen molar-refractivity contribution >= 4 is 39.2 Å². The van der Waals surface area contributed by atoms with E-state index in [1.54, 1.807) is 48.6 Å². The second-order valence-electron chi connectivity index (χ2n) is 17.1. The zero-order valence-corrected chi connectivity index (χ0v) is 38.4. The molecule has 3 aliphatic rings. The Hall–Kier alpha value is -8.10. The average molecular weight is 933 g/mol. The molecule has 0 aromatic heterocycles. The molecule has 0 amide bonds. The first-order valence-corrected chi connectivity index (χ1v) is 23.2. The van der Waals surface area contributed by atoms with Crippen LogP contribution in [-0.4, -0.2) is 12.7 Å². The highest BCUT2D eigenvalue weighted by Crippen LogP contribution is 2.66. The zero-order chi connectivity index (χ0) is 49.0. The van der Waals surface area contributed by atoms with Gasteiger partial charge in [0, 0.05) is 28.4 Å². The van der Waals surface area contributed by atoms with Crippen molar-refractivity contribution in [1.82, 2.24) is 0 Å². The van der Waals surface area contributed by atoms with Gasteiger partial charge in [0.15, 0.2) is 0 Å². The van der Waals surface area contributed by atoms with Crippen LogP contribution in [0.15, 0.2) is 219 Å². The number of nitrogens with zero attached hydrogens (tertiary/aromatic N) is 2. The predicted octanol–water partition coefficient (Wildman–Crippen LogP) is 18.4. The number of hydrogen-bond donors (Lipinski definition) is 0. The quantitative estimate of drug-likeness (QED) is 0.116. The molecule has 346 valence electrons. The number of rotatable bonds is 7. The topological polar surface area (TPSA) is 6.48 Å². The van der Waals surface area contributed by atoms with Gasteiger partial charge in [-0.05, 0) is 156 Å². The van der Waals surface area contributed by atoms with Crippen molar-refractivity contribution in [3.63, 3.8) is 0 Å². The molecule has 0 saturated carbocycles. The third-order valence-electron chi connectivity index (χ3n) is 13.4. The molecule has 0 aliphatic heterocycles. The Morgan fingerprint density at radius 2 is 0.929 bits per heavy atom. The molecule has 8 heteroatoms. The molecule has 1 atom stereocenters. The summed E-state index contributed by atoms with van der Waals surface area (Å²) >= 11 is 0. The van der Waals surface area contributed by atoms with E-state index in [1.807, 2.05) is 85.5 Å². The van der Waals surface area contributed by atoms with Crippen LogP contribution in [0.3, 0.4) is 0 Å². The first kappa shape index (κ1) is 45.7. The van der Waals surface area contributed by atoms with Gasteiger partial charge in [-0.25, -0.2) is 0 Å². The number of benzene rings is 9. The number of halogens is 6. The lowest BCUT2D eigenvalue weighted by Crippen LogP contribution is -2.31. The van der Waals surface area contributed by atoms with Gasteiger partial charge in [-0.1, -0.05) is 154 Å². The van der Waals surface area contributed by atoms with Crippen LogP contribution in [0.5, 0.6) is 0 Å². The predicted molar refractivity (Wildman–Crippen MR) is 276 cm³/mol. The van der Waals surface area contributed by atoms with Crippen LogP contribution >= 0.6 is 0 Å². The molecule has 0 N–H and O–H groups in total. The maximum Gasteiger partial charge on any atom is 0.416 e. The Morgan fingerprint density at radius 1 is 0.429 bits per heavy atom. The molecule has 0 bridgehead atoms. The van der Waals surface area contributed by atoms with Gasteiger partial charge in [-0.15, -0.1) is 0 Å². The molecule has 9 aromatic carbocycles. The van der Waals surface area contributed by atoms with E-state index in [1.165, 1.54) is 17.0 Å². The largest absolute Gasteiger partial charge is 0.416 e. The van der Waals surface area contributed by atoms with Crippen molar-refractivity contribution in [3.05, 3.63) is 247 Å². The number of fused-ring (bicyclic) bond motifs is 14. The highest BCUT2D eigenvalue weighted by Gasteiger charge is 2.53. The van der Waals surface area contributed by atoms with Crippen LogP contribution in [-0.2, 0) is 11.6 Å². The standard InChI is InChI=1S/C56H34F6N2.C4H6.C2H6/c57-54(58,59)33-63(35-12-3-1-4-13-35)38-26-28-42-43-29-27-39(64(36-14-5-2-6-15-36)37-24-22-34(23-25-37)56(60,61)62)31-50(43)55(49(42)30-38)48-21-10-9-18-45(48)53-46-20-11-19-44-40-16-7-8-17-41(40)47(52(44)46)32-51(53)55;1-3-4-2;1-2/h1-32H,33H2;3-4H,1-2H2;1-2H3. The summed E-state index contributed by atoms with van der Waals surface area (Å²) in [5, 5.41) is 2.25. The lowest BCUT2D eigenvalue weighted by atomic mass is 9.70. The third-order valence-corrected chi connectivity index (χ3v) is 13.4. The Balaban J connectivity index is 0.000000902. The fourth-order valence-electron chi connectivity index (χ4n) is 10.8. The van der Waals surface area contributed by atoms with Crippen molar-refractivity contribution in [3.8, 4) is 44.5 Å². The summed E-state index contributed by atoms with van der Waals surface area (Å²) in [4.78, 5) is 3.28. The molecule has 2 nitrogen and oxygen atoms in total. The van der Waals surface area contributed by atoms with E-state index in [9.17, 15) is 26.3 Å². The van der Waals surface area contributed by atoms with Gasteiger partial charge in [-0.2, -0.15) is 26.3 Å². The van der Waals surface area contributed by atoms with Gasteiger partial charge in [0.1, 0.15) is 6.54 Å². The number of anilines is 5. The summed E-state index contributed by atoms with van der Waals surface area (Å²) in [6.07, 6.45) is -5.74. The Bertz CT molecular complexity index is 3440. The summed E-state index contributed by atoms with van der Waals surface area (Å²) in [5.41, 5.74) is 13.2. The minimum atomic E-state index is -4.51. The number of alkyl halides is 6. The molecule has 12 rings (SSSR count). The molecule has 0 fully saturated rings. The first-order chi connectivity index (χ1) is 33.9. The van der Waals surface area contributed by atoms with Crippen molar-refractivity contribution in [2.75, 3.05) is 16.3 Å². The van der Waals surface area contributed by atoms with E-state index in [4.69, 9.17) is 0 Å². The lowest BCUT2D eigenvalue weighted by Gasteiger charge is -2.33. The molecule has 0 heterocycles. The van der Waals surface area contributed by atoms with Crippen molar-refractivity contribution in [2.24, 2.45) is 0 Å². The van der Waals surface area contributed by atoms with Crippen LogP contribution in [0.2, 0.25) is 0 Å². The first-order valence-electron chi connectivity index (χ1n) is 23.2. The second kappa shape index (κ2) is 17.8. The SMILES string of the molecule is C=CC=C.CC.FC(F)(F)CN(c1ccccc1)c1ccc2c(c1)C1(c3cc(N(c4ccccc4)c4ccc(C(F)(F)F)cc4)ccc3-2)c2ccccc2-c2c1cc1c3c(cccc23)-c2ccccc2-1. The van der Waals surface area contributed by atoms with E-state index in [0.717, 1.165) is 95.4 Å². The highest BCUT2D eigenvalue weighted by atomic mass is 19.4. The van der Waals surface area contributed by atoms with Gasteiger partial charge < -0.3 is 9.80 Å². The zero-order valence-electron chi connectivity index (χ0n) is 38.4. The van der Waals surface area contributed by atoms with E-state index >= 15 is 0 Å². The molecular weight excluding hydrogens is 887 g/mol. The maximum absolute atomic E-state index is 14.6. The van der Waals surface area contributed by atoms with Crippen molar-refractivity contribution in [2.45, 2.75) is 31.6 Å². The van der Waals surface area contributed by atoms with Crippen LogP contribution < -0.4 is 9.80 Å². The fourth-order valence-corrected chi connectivity index (χ4v) is 10.8.